The van der Waals surface area contributed by atoms with Crippen LogP contribution in [0.2, 0.25) is 0 Å². The molecule has 4 rings (SSSR count). The number of aryl methyl sites for hydroxylation is 1. The Morgan fingerprint density at radius 3 is 2.25 bits per heavy atom. The Hall–Kier alpha value is -4.35. The number of halogens is 3. The van der Waals surface area contributed by atoms with Gasteiger partial charge in [-0.2, -0.15) is 28.1 Å². The first-order chi connectivity index (χ1) is 16.9. The summed E-state index contributed by atoms with van der Waals surface area (Å²) in [6, 6.07) is 9.07. The van der Waals surface area contributed by atoms with Crippen molar-refractivity contribution in [3.8, 4) is 11.6 Å². The van der Waals surface area contributed by atoms with Crippen LogP contribution < -0.4 is 10.7 Å². The molecule has 1 N–H and O–H groups in total. The fourth-order valence-electron chi connectivity index (χ4n) is 3.41. The van der Waals surface area contributed by atoms with E-state index in [1.807, 2.05) is 20.8 Å². The lowest BCUT2D eigenvalue weighted by atomic mass is 9.92. The lowest BCUT2D eigenvalue weighted by Crippen LogP contribution is -2.28. The van der Waals surface area contributed by atoms with Gasteiger partial charge in [0.15, 0.2) is 5.69 Å². The highest BCUT2D eigenvalue weighted by atomic mass is 19.4. The van der Waals surface area contributed by atoms with Crippen molar-refractivity contribution >= 4 is 11.7 Å². The molecule has 36 heavy (non-hydrogen) atoms. The molecule has 0 radical (unpaired) electrons. The van der Waals surface area contributed by atoms with Crippen molar-refractivity contribution in [2.24, 2.45) is 0 Å². The van der Waals surface area contributed by atoms with Gasteiger partial charge in [-0.05, 0) is 25.1 Å². The molecule has 1 amide bonds. The molecule has 186 valence electrons. The summed E-state index contributed by atoms with van der Waals surface area (Å²) in [6.07, 6.45) is -1.66. The van der Waals surface area contributed by atoms with E-state index in [-0.39, 0.29) is 23.1 Å². The number of hydrogen-bond donors (Lipinski definition) is 1. The molecule has 0 unspecified atom stereocenters. The van der Waals surface area contributed by atoms with Crippen LogP contribution in [-0.4, -0.2) is 35.4 Å². The SMILES string of the molecule is Cc1cc(=O)c(C(=O)Nc2cc(C(C)(C)C)nn2-c2ncccn2)nn1-c1ccccc1C(F)(F)F. The average Bonchev–Trinajstić information content (AvgIpc) is 3.23. The van der Waals surface area contributed by atoms with Crippen molar-refractivity contribution in [1.82, 2.24) is 29.5 Å². The van der Waals surface area contributed by atoms with Gasteiger partial charge in [-0.3, -0.25) is 9.59 Å². The first-order valence-electron chi connectivity index (χ1n) is 10.8. The number of benzene rings is 1. The van der Waals surface area contributed by atoms with E-state index in [4.69, 9.17) is 0 Å². The summed E-state index contributed by atoms with van der Waals surface area (Å²) in [5, 5.41) is 11.1. The third-order valence-corrected chi connectivity index (χ3v) is 5.22. The zero-order valence-corrected chi connectivity index (χ0v) is 19.8. The minimum Gasteiger partial charge on any atom is -0.305 e. The van der Waals surface area contributed by atoms with Crippen LogP contribution >= 0.6 is 0 Å². The van der Waals surface area contributed by atoms with E-state index in [0.717, 1.165) is 16.8 Å². The number of aromatic nitrogens is 6. The zero-order valence-electron chi connectivity index (χ0n) is 19.8. The number of nitrogens with one attached hydrogen (secondary N) is 1. The fraction of sp³-hybridized carbons (Fsp3) is 0.250. The van der Waals surface area contributed by atoms with E-state index in [9.17, 15) is 22.8 Å². The van der Waals surface area contributed by atoms with Gasteiger partial charge >= 0.3 is 6.18 Å². The van der Waals surface area contributed by atoms with Crippen LogP contribution in [0, 0.1) is 6.92 Å². The van der Waals surface area contributed by atoms with Crippen LogP contribution in [0.5, 0.6) is 0 Å². The van der Waals surface area contributed by atoms with E-state index in [1.165, 1.54) is 42.2 Å². The number of alkyl halides is 3. The third-order valence-electron chi connectivity index (χ3n) is 5.22. The number of para-hydroxylation sites is 1. The molecular formula is C24H22F3N7O2. The van der Waals surface area contributed by atoms with Gasteiger partial charge in [0.2, 0.25) is 5.43 Å². The maximum atomic E-state index is 13.6. The Morgan fingerprint density at radius 2 is 1.61 bits per heavy atom. The normalized spacial score (nSPS) is 12.0. The minimum atomic E-state index is -4.66. The number of hydrogen-bond acceptors (Lipinski definition) is 6. The average molecular weight is 497 g/mol. The molecule has 0 saturated carbocycles. The molecule has 4 aromatic rings. The molecule has 12 heteroatoms. The Morgan fingerprint density at radius 1 is 0.944 bits per heavy atom. The molecule has 3 heterocycles. The summed E-state index contributed by atoms with van der Waals surface area (Å²) < 4.78 is 43.0. The van der Waals surface area contributed by atoms with Crippen LogP contribution in [0.3, 0.4) is 0 Å². The molecule has 0 fully saturated rings. The fourth-order valence-corrected chi connectivity index (χ4v) is 3.41. The van der Waals surface area contributed by atoms with Crippen molar-refractivity contribution < 1.29 is 18.0 Å². The Bertz CT molecular complexity index is 1490. The molecule has 9 nitrogen and oxygen atoms in total. The van der Waals surface area contributed by atoms with Crippen molar-refractivity contribution in [3.63, 3.8) is 0 Å². The topological polar surface area (TPSA) is 108 Å². The smallest absolute Gasteiger partial charge is 0.305 e. The first-order valence-corrected chi connectivity index (χ1v) is 10.8. The van der Waals surface area contributed by atoms with Gasteiger partial charge in [-0.25, -0.2) is 14.6 Å². The van der Waals surface area contributed by atoms with Crippen molar-refractivity contribution in [1.29, 1.82) is 0 Å². The lowest BCUT2D eigenvalue weighted by Gasteiger charge is -2.16. The van der Waals surface area contributed by atoms with Crippen molar-refractivity contribution in [2.45, 2.75) is 39.3 Å². The number of amides is 1. The second-order valence-electron chi connectivity index (χ2n) is 9.00. The summed E-state index contributed by atoms with van der Waals surface area (Å²) in [6.45, 7) is 7.21. The van der Waals surface area contributed by atoms with Crippen LogP contribution in [0.15, 0.2) is 59.7 Å². The summed E-state index contributed by atoms with van der Waals surface area (Å²) in [5.41, 5.74) is -2.25. The predicted octanol–water partition coefficient (Wildman–Crippen LogP) is 4.09. The highest BCUT2D eigenvalue weighted by molar-refractivity contribution is 6.02. The molecule has 0 atom stereocenters. The highest BCUT2D eigenvalue weighted by Gasteiger charge is 2.34. The second kappa shape index (κ2) is 9.02. The molecule has 0 aliphatic rings. The standard InChI is InChI=1S/C24H22F3N7O2/c1-14-12-17(35)20(32-33(14)16-9-6-5-8-15(16)24(25,26)27)21(36)30-19-13-18(23(2,3)4)31-34(19)22-28-10-7-11-29-22/h5-13H,1-4H3,(H,30,36). The summed E-state index contributed by atoms with van der Waals surface area (Å²) in [5.74, 6) is -0.576. The molecule has 0 aliphatic carbocycles. The largest absolute Gasteiger partial charge is 0.418 e. The maximum Gasteiger partial charge on any atom is 0.418 e. The van der Waals surface area contributed by atoms with E-state index < -0.39 is 34.2 Å². The molecule has 1 aromatic carbocycles. The Labute approximate surface area is 203 Å². The maximum absolute atomic E-state index is 13.6. The van der Waals surface area contributed by atoms with E-state index >= 15 is 0 Å². The quantitative estimate of drug-likeness (QED) is 0.455. The third kappa shape index (κ3) is 4.88. The van der Waals surface area contributed by atoms with Crippen LogP contribution in [0.4, 0.5) is 19.0 Å². The predicted molar refractivity (Wildman–Crippen MR) is 125 cm³/mol. The number of rotatable bonds is 4. The van der Waals surface area contributed by atoms with Crippen LogP contribution in [-0.2, 0) is 11.6 Å². The van der Waals surface area contributed by atoms with Gasteiger partial charge in [0.1, 0.15) is 5.82 Å². The summed E-state index contributed by atoms with van der Waals surface area (Å²) >= 11 is 0. The minimum absolute atomic E-state index is 0.131. The molecule has 0 spiro atoms. The van der Waals surface area contributed by atoms with Gasteiger partial charge in [0.25, 0.3) is 11.9 Å². The van der Waals surface area contributed by atoms with Gasteiger partial charge in [0, 0.05) is 35.6 Å². The van der Waals surface area contributed by atoms with Gasteiger partial charge in [-0.1, -0.05) is 32.9 Å². The highest BCUT2D eigenvalue weighted by Crippen LogP contribution is 2.33. The molecule has 3 aromatic heterocycles. The van der Waals surface area contributed by atoms with Gasteiger partial charge < -0.3 is 5.32 Å². The van der Waals surface area contributed by atoms with Gasteiger partial charge in [0.05, 0.1) is 16.9 Å². The monoisotopic (exact) mass is 497 g/mol. The van der Waals surface area contributed by atoms with E-state index in [1.54, 1.807) is 12.1 Å². The van der Waals surface area contributed by atoms with Gasteiger partial charge in [-0.15, -0.1) is 0 Å². The number of anilines is 1. The number of carbonyl (C=O) groups is 1. The molecular weight excluding hydrogens is 475 g/mol. The van der Waals surface area contributed by atoms with E-state index in [0.29, 0.717) is 5.69 Å². The van der Waals surface area contributed by atoms with Crippen molar-refractivity contribution in [2.75, 3.05) is 5.32 Å². The summed E-state index contributed by atoms with van der Waals surface area (Å²) in [7, 11) is 0. The van der Waals surface area contributed by atoms with Crippen LogP contribution in [0.25, 0.3) is 11.6 Å². The number of nitrogens with zero attached hydrogens (tertiary/aromatic N) is 6. The summed E-state index contributed by atoms with van der Waals surface area (Å²) in [4.78, 5) is 34.1. The van der Waals surface area contributed by atoms with Crippen molar-refractivity contribution in [3.05, 3.63) is 87.7 Å². The molecule has 0 saturated heterocycles. The second-order valence-corrected chi connectivity index (χ2v) is 9.00. The Balaban J connectivity index is 1.79. The molecule has 0 bridgehead atoms. The Kier molecular flexibility index (Phi) is 6.21. The number of carbonyl (C=O) groups excluding carboxylic acids is 1. The van der Waals surface area contributed by atoms with Crippen LogP contribution in [0.1, 0.15) is 48.2 Å². The molecule has 0 aliphatic heterocycles. The zero-order chi connectivity index (χ0) is 26.3. The van der Waals surface area contributed by atoms with E-state index in [2.05, 4.69) is 25.5 Å². The first kappa shape index (κ1) is 24.8. The lowest BCUT2D eigenvalue weighted by molar-refractivity contribution is -0.137.